The highest BCUT2D eigenvalue weighted by Crippen LogP contribution is 1.97. The fourth-order valence-corrected chi connectivity index (χ4v) is 0.864. The van der Waals surface area contributed by atoms with Crippen molar-refractivity contribution < 1.29 is 8.78 Å². The lowest BCUT2D eigenvalue weighted by Crippen LogP contribution is -2.27. The molecule has 11 heavy (non-hydrogen) atoms. The molecule has 0 spiro atoms. The molecule has 0 atom stereocenters. The van der Waals surface area contributed by atoms with Crippen LogP contribution in [0.25, 0.3) is 0 Å². The molecule has 0 saturated heterocycles. The van der Waals surface area contributed by atoms with Crippen molar-refractivity contribution in [3.63, 3.8) is 0 Å². The number of alkyl halides is 2. The van der Waals surface area contributed by atoms with Gasteiger partial charge in [-0.15, -0.1) is 0 Å². The van der Waals surface area contributed by atoms with Crippen LogP contribution in [0.4, 0.5) is 8.78 Å². The van der Waals surface area contributed by atoms with Gasteiger partial charge in [0.1, 0.15) is 4.99 Å². The first kappa shape index (κ1) is 8.13. The van der Waals surface area contributed by atoms with Gasteiger partial charge in [0, 0.05) is 6.20 Å². The molecular formula is C6H6F2N2S. The second-order valence-electron chi connectivity index (χ2n) is 1.86. The number of H-pyrrole nitrogens is 1. The van der Waals surface area contributed by atoms with Crippen LogP contribution in [0.3, 0.4) is 0 Å². The molecule has 0 aliphatic heterocycles. The number of hydrogen-bond acceptors (Lipinski definition) is 1. The van der Waals surface area contributed by atoms with Crippen LogP contribution in [0.2, 0.25) is 0 Å². The van der Waals surface area contributed by atoms with Gasteiger partial charge in [0.25, 0.3) is 0 Å². The van der Waals surface area contributed by atoms with E-state index in [0.717, 1.165) is 0 Å². The van der Waals surface area contributed by atoms with Crippen LogP contribution in [0.1, 0.15) is 5.69 Å². The summed E-state index contributed by atoms with van der Waals surface area (Å²) in [6, 6.07) is 3.31. The van der Waals surface area contributed by atoms with Gasteiger partial charge in [-0.2, -0.15) is 8.78 Å². The maximum Gasteiger partial charge on any atom is 0.313 e. The van der Waals surface area contributed by atoms with E-state index in [1.807, 2.05) is 5.32 Å². The molecule has 0 fully saturated rings. The maximum atomic E-state index is 11.7. The van der Waals surface area contributed by atoms with Crippen LogP contribution < -0.4 is 5.32 Å². The van der Waals surface area contributed by atoms with E-state index < -0.39 is 6.55 Å². The SMILES string of the molecule is FC(F)NC(=S)c1ccc[nH]1. The Hall–Kier alpha value is -0.970. The van der Waals surface area contributed by atoms with E-state index in [0.29, 0.717) is 5.69 Å². The van der Waals surface area contributed by atoms with Crippen molar-refractivity contribution in [1.82, 2.24) is 10.3 Å². The van der Waals surface area contributed by atoms with E-state index in [2.05, 4.69) is 17.2 Å². The second kappa shape index (κ2) is 3.43. The summed E-state index contributed by atoms with van der Waals surface area (Å²) in [4.78, 5) is 2.74. The lowest BCUT2D eigenvalue weighted by atomic mass is 10.4. The molecule has 0 bridgehead atoms. The van der Waals surface area contributed by atoms with Crippen LogP contribution in [0, 0.1) is 0 Å². The molecule has 0 aliphatic carbocycles. The van der Waals surface area contributed by atoms with Crippen LogP contribution in [0.5, 0.6) is 0 Å². The number of aromatic nitrogens is 1. The molecule has 5 heteroatoms. The molecule has 2 N–H and O–H groups in total. The third kappa shape index (κ3) is 2.27. The summed E-state index contributed by atoms with van der Waals surface area (Å²) in [6.45, 7) is -2.61. The normalized spacial score (nSPS) is 10.1. The molecule has 1 heterocycles. The van der Waals surface area contributed by atoms with Crippen molar-refractivity contribution in [2.24, 2.45) is 0 Å². The number of nitrogens with one attached hydrogen (secondary N) is 2. The Kier molecular flexibility index (Phi) is 2.53. The Bertz CT molecular complexity index is 233. The summed E-state index contributed by atoms with van der Waals surface area (Å²) >= 11 is 4.63. The van der Waals surface area contributed by atoms with Gasteiger partial charge in [0.15, 0.2) is 0 Å². The highest BCUT2D eigenvalue weighted by Gasteiger charge is 2.06. The lowest BCUT2D eigenvalue weighted by molar-refractivity contribution is 0.133. The quantitative estimate of drug-likeness (QED) is 0.528. The van der Waals surface area contributed by atoms with Gasteiger partial charge in [0.2, 0.25) is 0 Å². The highest BCUT2D eigenvalue weighted by molar-refractivity contribution is 7.80. The van der Waals surface area contributed by atoms with Gasteiger partial charge in [-0.25, -0.2) is 0 Å². The van der Waals surface area contributed by atoms with E-state index in [1.54, 1.807) is 18.3 Å². The van der Waals surface area contributed by atoms with Crippen LogP contribution in [0.15, 0.2) is 18.3 Å². The van der Waals surface area contributed by atoms with E-state index in [-0.39, 0.29) is 4.99 Å². The predicted molar refractivity (Wildman–Crippen MR) is 41.6 cm³/mol. The molecule has 0 aliphatic rings. The lowest BCUT2D eigenvalue weighted by Gasteiger charge is -2.03. The third-order valence-electron chi connectivity index (χ3n) is 1.08. The van der Waals surface area contributed by atoms with Gasteiger partial charge in [-0.3, -0.25) is 0 Å². The van der Waals surface area contributed by atoms with Crippen LogP contribution in [-0.2, 0) is 0 Å². The molecule has 0 aromatic carbocycles. The average Bonchev–Trinajstić information content (AvgIpc) is 2.35. The Morgan fingerprint density at radius 2 is 2.36 bits per heavy atom. The minimum Gasteiger partial charge on any atom is -0.359 e. The fourth-order valence-electron chi connectivity index (χ4n) is 0.648. The molecular weight excluding hydrogens is 170 g/mol. The summed E-state index contributed by atoms with van der Waals surface area (Å²) in [5, 5.41) is 1.81. The van der Waals surface area contributed by atoms with Crippen molar-refractivity contribution in [3.8, 4) is 0 Å². The minimum absolute atomic E-state index is 0.0324. The molecule has 1 rings (SSSR count). The van der Waals surface area contributed by atoms with Crippen molar-refractivity contribution in [3.05, 3.63) is 24.0 Å². The Balaban J connectivity index is 2.57. The number of halogens is 2. The molecule has 0 radical (unpaired) electrons. The van der Waals surface area contributed by atoms with Crippen molar-refractivity contribution in [2.45, 2.75) is 6.55 Å². The number of rotatable bonds is 2. The van der Waals surface area contributed by atoms with E-state index >= 15 is 0 Å². The number of hydrogen-bond donors (Lipinski definition) is 2. The monoisotopic (exact) mass is 176 g/mol. The summed E-state index contributed by atoms with van der Waals surface area (Å²) < 4.78 is 23.3. The number of aromatic amines is 1. The molecule has 2 nitrogen and oxygen atoms in total. The average molecular weight is 176 g/mol. The minimum atomic E-state index is -2.61. The second-order valence-corrected chi connectivity index (χ2v) is 2.27. The van der Waals surface area contributed by atoms with E-state index in [9.17, 15) is 8.78 Å². The van der Waals surface area contributed by atoms with Gasteiger partial charge in [0.05, 0.1) is 5.69 Å². The van der Waals surface area contributed by atoms with Crippen LogP contribution >= 0.6 is 12.2 Å². The molecule has 0 unspecified atom stereocenters. The zero-order chi connectivity index (χ0) is 8.27. The fraction of sp³-hybridized carbons (Fsp3) is 0.167. The van der Waals surface area contributed by atoms with Crippen molar-refractivity contribution in [1.29, 1.82) is 0 Å². The smallest absolute Gasteiger partial charge is 0.313 e. The molecule has 0 saturated carbocycles. The first-order valence-corrected chi connectivity index (χ1v) is 3.33. The third-order valence-corrected chi connectivity index (χ3v) is 1.42. The summed E-state index contributed by atoms with van der Waals surface area (Å²) in [5.74, 6) is 0. The zero-order valence-corrected chi connectivity index (χ0v) is 6.29. The first-order valence-electron chi connectivity index (χ1n) is 2.92. The Morgan fingerprint density at radius 3 is 2.82 bits per heavy atom. The van der Waals surface area contributed by atoms with Crippen LogP contribution in [-0.4, -0.2) is 16.5 Å². The van der Waals surface area contributed by atoms with Gasteiger partial charge >= 0.3 is 6.55 Å². The largest absolute Gasteiger partial charge is 0.359 e. The standard InChI is InChI=1S/C6H6F2N2S/c7-6(8)10-5(11)4-2-1-3-9-4/h1-3,6,9H,(H,10,11). The van der Waals surface area contributed by atoms with E-state index in [4.69, 9.17) is 0 Å². The predicted octanol–water partition coefficient (Wildman–Crippen LogP) is 1.50. The van der Waals surface area contributed by atoms with Gasteiger partial charge in [-0.1, -0.05) is 12.2 Å². The van der Waals surface area contributed by atoms with Gasteiger partial charge < -0.3 is 10.3 Å². The Labute approximate surface area is 67.6 Å². The zero-order valence-electron chi connectivity index (χ0n) is 5.47. The molecule has 60 valence electrons. The molecule has 1 aromatic heterocycles. The van der Waals surface area contributed by atoms with Gasteiger partial charge in [-0.05, 0) is 12.1 Å². The topological polar surface area (TPSA) is 27.8 Å². The Morgan fingerprint density at radius 1 is 1.64 bits per heavy atom. The van der Waals surface area contributed by atoms with Crippen molar-refractivity contribution >= 4 is 17.2 Å². The number of thiocarbonyl (C=S) groups is 1. The summed E-state index contributed by atoms with van der Waals surface area (Å²) in [6.07, 6.45) is 1.62. The molecule has 0 amide bonds. The maximum absolute atomic E-state index is 11.7. The van der Waals surface area contributed by atoms with Crippen molar-refractivity contribution in [2.75, 3.05) is 0 Å². The molecule has 1 aromatic rings. The highest BCUT2D eigenvalue weighted by atomic mass is 32.1. The summed E-state index contributed by atoms with van der Waals surface area (Å²) in [5.41, 5.74) is 0.500. The first-order chi connectivity index (χ1) is 5.20. The summed E-state index contributed by atoms with van der Waals surface area (Å²) in [7, 11) is 0. The van der Waals surface area contributed by atoms with E-state index in [1.165, 1.54) is 0 Å².